The number of rotatable bonds is 2. The topological polar surface area (TPSA) is 32.3 Å². The van der Waals surface area contributed by atoms with Crippen LogP contribution in [0.1, 0.15) is 37.1 Å². The van der Waals surface area contributed by atoms with Crippen LogP contribution in [0.2, 0.25) is 0 Å². The fourth-order valence-electron chi connectivity index (χ4n) is 3.39. The molecule has 1 aromatic rings. The second kappa shape index (κ2) is 5.45. The Balaban J connectivity index is 1.73. The molecule has 0 N–H and O–H groups in total. The van der Waals surface area contributed by atoms with E-state index in [0.29, 0.717) is 6.04 Å². The highest BCUT2D eigenvalue weighted by Gasteiger charge is 2.28. The second-order valence-corrected chi connectivity index (χ2v) is 5.94. The van der Waals surface area contributed by atoms with Gasteiger partial charge in [-0.15, -0.1) is 0 Å². The van der Waals surface area contributed by atoms with Crippen LogP contribution in [0.3, 0.4) is 0 Å². The molecule has 0 saturated carbocycles. The average molecular weight is 260 g/mol. The molecule has 0 aliphatic carbocycles. The SMILES string of the molecule is Cc1cc(C)nc(N2CCC[C@H](N3CCCC3)C2)n1. The van der Waals surface area contributed by atoms with E-state index in [1.807, 2.05) is 6.07 Å². The maximum atomic E-state index is 4.62. The van der Waals surface area contributed by atoms with Crippen molar-refractivity contribution < 1.29 is 0 Å². The van der Waals surface area contributed by atoms with E-state index in [1.165, 1.54) is 38.8 Å². The molecule has 0 radical (unpaired) electrons. The standard InChI is InChI=1S/C15H24N4/c1-12-10-13(2)17-15(16-12)19-9-5-6-14(11-19)18-7-3-4-8-18/h10,14H,3-9,11H2,1-2H3/t14-/m0/s1. The lowest BCUT2D eigenvalue weighted by atomic mass is 10.0. The molecule has 3 heterocycles. The highest BCUT2D eigenvalue weighted by Crippen LogP contribution is 2.23. The summed E-state index contributed by atoms with van der Waals surface area (Å²) >= 11 is 0. The third kappa shape index (κ3) is 2.89. The monoisotopic (exact) mass is 260 g/mol. The van der Waals surface area contributed by atoms with Crippen molar-refractivity contribution in [2.45, 2.75) is 45.6 Å². The van der Waals surface area contributed by atoms with Crippen molar-refractivity contribution in [2.75, 3.05) is 31.1 Å². The molecule has 2 aliphatic heterocycles. The number of anilines is 1. The van der Waals surface area contributed by atoms with Gasteiger partial charge in [-0.25, -0.2) is 9.97 Å². The van der Waals surface area contributed by atoms with Crippen LogP contribution < -0.4 is 4.90 Å². The van der Waals surface area contributed by atoms with E-state index >= 15 is 0 Å². The number of piperidine rings is 1. The number of aryl methyl sites for hydroxylation is 2. The lowest BCUT2D eigenvalue weighted by Gasteiger charge is -2.37. The number of hydrogen-bond acceptors (Lipinski definition) is 4. The molecule has 4 heteroatoms. The fourth-order valence-corrected chi connectivity index (χ4v) is 3.39. The van der Waals surface area contributed by atoms with E-state index in [0.717, 1.165) is 30.4 Å². The van der Waals surface area contributed by atoms with Crippen LogP contribution in [0.4, 0.5) is 5.95 Å². The molecule has 0 amide bonds. The number of hydrogen-bond donors (Lipinski definition) is 0. The maximum Gasteiger partial charge on any atom is 0.225 e. The summed E-state index contributed by atoms with van der Waals surface area (Å²) in [6.45, 7) is 8.88. The minimum Gasteiger partial charge on any atom is -0.339 e. The Morgan fingerprint density at radius 3 is 2.37 bits per heavy atom. The van der Waals surface area contributed by atoms with Crippen LogP contribution in [0, 0.1) is 13.8 Å². The lowest BCUT2D eigenvalue weighted by molar-refractivity contribution is 0.214. The molecule has 19 heavy (non-hydrogen) atoms. The van der Waals surface area contributed by atoms with Gasteiger partial charge in [0.2, 0.25) is 5.95 Å². The zero-order chi connectivity index (χ0) is 13.2. The van der Waals surface area contributed by atoms with Gasteiger partial charge >= 0.3 is 0 Å². The Bertz CT molecular complexity index is 420. The van der Waals surface area contributed by atoms with Gasteiger partial charge in [0.1, 0.15) is 0 Å². The van der Waals surface area contributed by atoms with Crippen molar-refractivity contribution in [3.05, 3.63) is 17.5 Å². The molecule has 0 bridgehead atoms. The third-order valence-corrected chi connectivity index (χ3v) is 4.31. The van der Waals surface area contributed by atoms with Gasteiger partial charge in [0.25, 0.3) is 0 Å². The predicted molar refractivity (Wildman–Crippen MR) is 77.5 cm³/mol. The summed E-state index contributed by atoms with van der Waals surface area (Å²) in [5.41, 5.74) is 2.15. The third-order valence-electron chi connectivity index (χ3n) is 4.31. The summed E-state index contributed by atoms with van der Waals surface area (Å²) in [6, 6.07) is 2.76. The van der Waals surface area contributed by atoms with E-state index < -0.39 is 0 Å². The van der Waals surface area contributed by atoms with E-state index in [2.05, 4.69) is 33.6 Å². The first kappa shape index (κ1) is 12.9. The molecule has 0 spiro atoms. The van der Waals surface area contributed by atoms with E-state index in [9.17, 15) is 0 Å². The molecule has 0 aromatic carbocycles. The molecule has 2 fully saturated rings. The summed E-state index contributed by atoms with van der Waals surface area (Å²) in [7, 11) is 0. The predicted octanol–water partition coefficient (Wildman–Crippen LogP) is 2.16. The fraction of sp³-hybridized carbons (Fsp3) is 0.733. The van der Waals surface area contributed by atoms with Crippen molar-refractivity contribution in [3.63, 3.8) is 0 Å². The van der Waals surface area contributed by atoms with Gasteiger partial charge in [0.05, 0.1) is 0 Å². The van der Waals surface area contributed by atoms with Gasteiger partial charge in [0.15, 0.2) is 0 Å². The van der Waals surface area contributed by atoms with Gasteiger partial charge in [-0.1, -0.05) is 0 Å². The van der Waals surface area contributed by atoms with Crippen LogP contribution in [-0.4, -0.2) is 47.1 Å². The lowest BCUT2D eigenvalue weighted by Crippen LogP contribution is -2.47. The van der Waals surface area contributed by atoms with Gasteiger partial charge in [-0.05, 0) is 58.7 Å². The summed E-state index contributed by atoms with van der Waals surface area (Å²) in [5, 5.41) is 0. The first-order valence-corrected chi connectivity index (χ1v) is 7.53. The molecule has 0 unspecified atom stereocenters. The molecule has 3 rings (SSSR count). The van der Waals surface area contributed by atoms with Crippen molar-refractivity contribution in [2.24, 2.45) is 0 Å². The Morgan fingerprint density at radius 1 is 1.00 bits per heavy atom. The molecular weight excluding hydrogens is 236 g/mol. The summed E-state index contributed by atoms with van der Waals surface area (Å²) in [4.78, 5) is 14.3. The van der Waals surface area contributed by atoms with Gasteiger partial charge in [-0.3, -0.25) is 4.90 Å². The van der Waals surface area contributed by atoms with Crippen LogP contribution in [-0.2, 0) is 0 Å². The zero-order valence-corrected chi connectivity index (χ0v) is 12.1. The molecule has 1 aromatic heterocycles. The van der Waals surface area contributed by atoms with Crippen molar-refractivity contribution in [1.29, 1.82) is 0 Å². The van der Waals surface area contributed by atoms with Crippen molar-refractivity contribution in [3.8, 4) is 0 Å². The Morgan fingerprint density at radius 2 is 1.68 bits per heavy atom. The zero-order valence-electron chi connectivity index (χ0n) is 12.1. The molecule has 4 nitrogen and oxygen atoms in total. The molecule has 1 atom stereocenters. The van der Waals surface area contributed by atoms with Crippen LogP contribution in [0.5, 0.6) is 0 Å². The van der Waals surface area contributed by atoms with Crippen molar-refractivity contribution in [1.82, 2.24) is 14.9 Å². The van der Waals surface area contributed by atoms with Gasteiger partial charge < -0.3 is 4.90 Å². The number of likely N-dealkylation sites (tertiary alicyclic amines) is 1. The quantitative estimate of drug-likeness (QED) is 0.815. The maximum absolute atomic E-state index is 4.62. The Hall–Kier alpha value is -1.16. The van der Waals surface area contributed by atoms with Gasteiger partial charge in [-0.2, -0.15) is 0 Å². The van der Waals surface area contributed by atoms with E-state index in [4.69, 9.17) is 0 Å². The number of nitrogens with zero attached hydrogens (tertiary/aromatic N) is 4. The van der Waals surface area contributed by atoms with E-state index in [1.54, 1.807) is 0 Å². The van der Waals surface area contributed by atoms with Crippen LogP contribution in [0.25, 0.3) is 0 Å². The first-order chi connectivity index (χ1) is 9.22. The van der Waals surface area contributed by atoms with Crippen molar-refractivity contribution >= 4 is 5.95 Å². The Kier molecular flexibility index (Phi) is 3.69. The largest absolute Gasteiger partial charge is 0.339 e. The molecule has 2 aliphatic rings. The highest BCUT2D eigenvalue weighted by molar-refractivity contribution is 5.33. The number of aromatic nitrogens is 2. The van der Waals surface area contributed by atoms with Crippen LogP contribution >= 0.6 is 0 Å². The second-order valence-electron chi connectivity index (χ2n) is 5.94. The average Bonchev–Trinajstić information content (AvgIpc) is 2.92. The molecular formula is C15H24N4. The first-order valence-electron chi connectivity index (χ1n) is 7.53. The minimum absolute atomic E-state index is 0.709. The molecule has 2 saturated heterocycles. The summed E-state index contributed by atoms with van der Waals surface area (Å²) < 4.78 is 0. The van der Waals surface area contributed by atoms with Crippen LogP contribution in [0.15, 0.2) is 6.07 Å². The van der Waals surface area contributed by atoms with E-state index in [-0.39, 0.29) is 0 Å². The Labute approximate surface area is 115 Å². The summed E-state index contributed by atoms with van der Waals surface area (Å²) in [6.07, 6.45) is 5.34. The smallest absolute Gasteiger partial charge is 0.225 e. The summed E-state index contributed by atoms with van der Waals surface area (Å²) in [5.74, 6) is 0.932. The normalized spacial score (nSPS) is 24.9. The molecule has 104 valence electrons. The highest BCUT2D eigenvalue weighted by atomic mass is 15.3. The minimum atomic E-state index is 0.709. The van der Waals surface area contributed by atoms with Gasteiger partial charge in [0, 0.05) is 30.5 Å².